The van der Waals surface area contributed by atoms with E-state index in [1.807, 2.05) is 13.8 Å². The Morgan fingerprint density at radius 2 is 1.83 bits per heavy atom. The van der Waals surface area contributed by atoms with Crippen LogP contribution in [-0.2, 0) is 23.0 Å². The third kappa shape index (κ3) is 2.70. The zero-order chi connectivity index (χ0) is 21.0. The van der Waals surface area contributed by atoms with Crippen LogP contribution in [0.25, 0.3) is 10.9 Å². The van der Waals surface area contributed by atoms with Crippen molar-refractivity contribution in [3.8, 4) is 5.75 Å². The molecule has 0 saturated heterocycles. The maximum absolute atomic E-state index is 13.2. The number of ketones is 1. The lowest BCUT2D eigenvalue weighted by molar-refractivity contribution is -0.112. The Morgan fingerprint density at radius 1 is 1.14 bits per heavy atom. The van der Waals surface area contributed by atoms with Crippen molar-refractivity contribution in [3.05, 3.63) is 74.5 Å². The minimum atomic E-state index is -0.405. The van der Waals surface area contributed by atoms with Crippen molar-refractivity contribution in [1.82, 2.24) is 4.57 Å². The highest BCUT2D eigenvalue weighted by Gasteiger charge is 2.38. The molecule has 6 heteroatoms. The lowest BCUT2D eigenvalue weighted by Gasteiger charge is -2.33. The van der Waals surface area contributed by atoms with Crippen LogP contribution in [0.4, 0.5) is 0 Å². The van der Waals surface area contributed by atoms with Crippen LogP contribution in [0.15, 0.2) is 63.4 Å². The summed E-state index contributed by atoms with van der Waals surface area (Å²) in [5, 5.41) is 22.1. The molecule has 0 unspecified atom stereocenters. The normalized spacial score (nSPS) is 21.9. The van der Waals surface area contributed by atoms with Gasteiger partial charge < -0.3 is 19.5 Å². The number of carbonyl (C=O) groups is 1. The molecular formula is C23H23NO5. The first-order valence-corrected chi connectivity index (χ1v) is 9.57. The first-order chi connectivity index (χ1) is 13.7. The van der Waals surface area contributed by atoms with Crippen LogP contribution in [0.2, 0.25) is 0 Å². The molecule has 1 aliphatic heterocycles. The second kappa shape index (κ2) is 6.65. The molecule has 1 aromatic carbocycles. The van der Waals surface area contributed by atoms with E-state index in [-0.39, 0.29) is 46.9 Å². The predicted molar refractivity (Wildman–Crippen MR) is 110 cm³/mol. The van der Waals surface area contributed by atoms with Gasteiger partial charge in [-0.05, 0) is 37.1 Å². The smallest absolute Gasteiger partial charge is 0.258 e. The van der Waals surface area contributed by atoms with Gasteiger partial charge >= 0.3 is 0 Å². The second-order valence-corrected chi connectivity index (χ2v) is 7.74. The van der Waals surface area contributed by atoms with E-state index >= 15 is 0 Å². The molecular weight excluding hydrogens is 370 g/mol. The summed E-state index contributed by atoms with van der Waals surface area (Å²) in [6.45, 7) is 5.63. The number of hydrogen-bond acceptors (Lipinski definition) is 5. The largest absolute Gasteiger partial charge is 0.507 e. The van der Waals surface area contributed by atoms with E-state index < -0.39 is 5.56 Å². The molecule has 4 rings (SSSR count). The number of nitrogens with zero attached hydrogens (tertiary/aromatic N) is 1. The summed E-state index contributed by atoms with van der Waals surface area (Å²) in [6, 6.07) is 7.01. The number of aromatic hydroxyl groups is 1. The van der Waals surface area contributed by atoms with E-state index in [4.69, 9.17) is 4.74 Å². The summed E-state index contributed by atoms with van der Waals surface area (Å²) in [5.41, 5.74) is 2.13. The van der Waals surface area contributed by atoms with Crippen LogP contribution in [0.5, 0.6) is 5.75 Å². The van der Waals surface area contributed by atoms with Crippen LogP contribution in [0.1, 0.15) is 26.3 Å². The van der Waals surface area contributed by atoms with Crippen LogP contribution in [-0.4, -0.2) is 26.7 Å². The summed E-state index contributed by atoms with van der Waals surface area (Å²) in [5.74, 6) is -0.723. The summed E-state index contributed by atoms with van der Waals surface area (Å²) >= 11 is 0. The summed E-state index contributed by atoms with van der Waals surface area (Å²) in [4.78, 5) is 26.0. The second-order valence-electron chi connectivity index (χ2n) is 7.74. The molecule has 0 amide bonds. The van der Waals surface area contributed by atoms with Crippen molar-refractivity contribution in [2.75, 3.05) is 0 Å². The topological polar surface area (TPSA) is 88.8 Å². The summed E-state index contributed by atoms with van der Waals surface area (Å²) in [7, 11) is 1.62. The number of fused-ring (bicyclic) bond motifs is 2. The van der Waals surface area contributed by atoms with Crippen molar-refractivity contribution < 1.29 is 19.7 Å². The Morgan fingerprint density at radius 3 is 2.55 bits per heavy atom. The van der Waals surface area contributed by atoms with Gasteiger partial charge in [0, 0.05) is 30.3 Å². The number of para-hydroxylation sites is 1. The van der Waals surface area contributed by atoms with Crippen molar-refractivity contribution in [3.63, 3.8) is 0 Å². The standard InChI is InChI=1S/C23H23NO5/c1-11-13(3)29-10-17-19(11)12(2)20(25)15(22(17)27)9-16-21(26)14-7-5-6-8-18(14)24(4)23(16)28/h5-8,10-11,13,25-26H,9H2,1-4H3/t11-,13-/m1/s1. The highest BCUT2D eigenvalue weighted by Crippen LogP contribution is 2.40. The molecule has 29 heavy (non-hydrogen) atoms. The number of pyridine rings is 1. The van der Waals surface area contributed by atoms with Gasteiger partial charge in [-0.3, -0.25) is 9.59 Å². The van der Waals surface area contributed by atoms with Crippen LogP contribution >= 0.6 is 0 Å². The highest BCUT2D eigenvalue weighted by molar-refractivity contribution is 6.14. The number of carbonyl (C=O) groups excluding carboxylic acids is 1. The van der Waals surface area contributed by atoms with Crippen molar-refractivity contribution in [2.45, 2.75) is 33.3 Å². The molecule has 2 N–H and O–H groups in total. The monoisotopic (exact) mass is 393 g/mol. The number of aliphatic hydroxyl groups excluding tert-OH is 1. The van der Waals surface area contributed by atoms with Gasteiger partial charge in [-0.1, -0.05) is 19.1 Å². The van der Waals surface area contributed by atoms with Gasteiger partial charge in [0.2, 0.25) is 0 Å². The van der Waals surface area contributed by atoms with Crippen LogP contribution in [0, 0.1) is 5.92 Å². The lowest BCUT2D eigenvalue weighted by Crippen LogP contribution is -2.32. The summed E-state index contributed by atoms with van der Waals surface area (Å²) < 4.78 is 7.04. The van der Waals surface area contributed by atoms with E-state index in [1.54, 1.807) is 38.2 Å². The number of aromatic nitrogens is 1. The maximum Gasteiger partial charge on any atom is 0.258 e. The average molecular weight is 393 g/mol. The minimum absolute atomic E-state index is 0.0513. The fourth-order valence-electron chi connectivity index (χ4n) is 4.22. The molecule has 0 radical (unpaired) electrons. The Balaban J connectivity index is 1.90. The molecule has 0 fully saturated rings. The van der Waals surface area contributed by atoms with Crippen molar-refractivity contribution >= 4 is 16.7 Å². The molecule has 0 spiro atoms. The SMILES string of the molecule is CC1=C2C(=CO[C@H](C)[C@H]2C)C(=O)C(Cc2c(O)c3ccccc3n(C)c2=O)=C1O. The van der Waals surface area contributed by atoms with Gasteiger partial charge in [0.25, 0.3) is 5.56 Å². The number of benzene rings is 1. The lowest BCUT2D eigenvalue weighted by atomic mass is 9.76. The first kappa shape index (κ1) is 19.1. The van der Waals surface area contributed by atoms with Gasteiger partial charge in [0.1, 0.15) is 17.6 Å². The first-order valence-electron chi connectivity index (χ1n) is 9.57. The molecule has 1 aromatic heterocycles. The van der Waals surface area contributed by atoms with Crippen LogP contribution < -0.4 is 5.56 Å². The van der Waals surface area contributed by atoms with Crippen molar-refractivity contribution in [2.24, 2.45) is 13.0 Å². The Bertz CT molecular complexity index is 1210. The van der Waals surface area contributed by atoms with Gasteiger partial charge in [-0.15, -0.1) is 0 Å². The van der Waals surface area contributed by atoms with E-state index in [2.05, 4.69) is 0 Å². The van der Waals surface area contributed by atoms with E-state index in [9.17, 15) is 19.8 Å². The summed E-state index contributed by atoms with van der Waals surface area (Å²) in [6.07, 6.45) is 1.17. The molecule has 2 aromatic rings. The Kier molecular flexibility index (Phi) is 4.37. The molecule has 2 heterocycles. The number of allylic oxidation sites excluding steroid dienone is 3. The predicted octanol–water partition coefficient (Wildman–Crippen LogP) is 3.44. The molecule has 0 saturated carbocycles. The Labute approximate surface area is 168 Å². The number of hydrogen-bond donors (Lipinski definition) is 2. The molecule has 150 valence electrons. The molecule has 2 aliphatic rings. The maximum atomic E-state index is 13.2. The van der Waals surface area contributed by atoms with Crippen molar-refractivity contribution in [1.29, 1.82) is 0 Å². The van der Waals surface area contributed by atoms with E-state index in [0.29, 0.717) is 22.0 Å². The molecule has 1 aliphatic carbocycles. The van der Waals surface area contributed by atoms with Crippen LogP contribution in [0.3, 0.4) is 0 Å². The molecule has 0 bridgehead atoms. The molecule has 2 atom stereocenters. The minimum Gasteiger partial charge on any atom is -0.507 e. The van der Waals surface area contributed by atoms with Gasteiger partial charge in [-0.25, -0.2) is 0 Å². The number of aliphatic hydroxyl groups is 1. The number of rotatable bonds is 2. The zero-order valence-corrected chi connectivity index (χ0v) is 16.8. The van der Waals surface area contributed by atoms with Gasteiger partial charge in [0.15, 0.2) is 5.78 Å². The quantitative estimate of drug-likeness (QED) is 0.816. The third-order valence-electron chi connectivity index (χ3n) is 6.14. The van der Waals surface area contributed by atoms with Gasteiger partial charge in [-0.2, -0.15) is 0 Å². The fourth-order valence-corrected chi connectivity index (χ4v) is 4.22. The number of aryl methyl sites for hydroxylation is 1. The zero-order valence-electron chi connectivity index (χ0n) is 16.8. The average Bonchev–Trinajstić information content (AvgIpc) is 2.72. The highest BCUT2D eigenvalue weighted by atomic mass is 16.5. The number of ether oxygens (including phenoxy) is 1. The van der Waals surface area contributed by atoms with E-state index in [0.717, 1.165) is 5.57 Å². The molecule has 6 nitrogen and oxygen atoms in total. The van der Waals surface area contributed by atoms with Gasteiger partial charge in [0.05, 0.1) is 22.9 Å². The number of Topliss-reactive ketones (excluding diaryl/α,β-unsaturated/α-hetero) is 1. The Hall–Kier alpha value is -3.28. The third-order valence-corrected chi connectivity index (χ3v) is 6.14. The van der Waals surface area contributed by atoms with E-state index in [1.165, 1.54) is 10.8 Å². The fraction of sp³-hybridized carbons (Fsp3) is 0.304.